The smallest absolute Gasteiger partial charge is 0.0620 e. The molecule has 0 N–H and O–H groups in total. The van der Waals surface area contributed by atoms with E-state index >= 15 is 0 Å². The van der Waals surface area contributed by atoms with Crippen LogP contribution in [-0.4, -0.2) is 0 Å². The molecule has 0 amide bonds. The summed E-state index contributed by atoms with van der Waals surface area (Å²) in [5.41, 5.74) is 0. The van der Waals surface area contributed by atoms with Gasteiger partial charge in [-0.3, -0.25) is 0 Å². The number of hydrogen-bond donors (Lipinski definition) is 0. The summed E-state index contributed by atoms with van der Waals surface area (Å²) in [6.07, 6.45) is 0. The number of rotatable bonds is 4. The summed E-state index contributed by atoms with van der Waals surface area (Å²) in [7, 11) is 6.84. The quantitative estimate of drug-likeness (QED) is 0.117. The first kappa shape index (κ1) is 34.0. The molecule has 0 spiro atoms. The molecule has 0 heterocycles. The first-order valence-electron chi connectivity index (χ1n) is 12.6. The first-order valence-corrected chi connectivity index (χ1v) is 22.3. The van der Waals surface area contributed by atoms with Gasteiger partial charge in [-0.1, -0.05) is 107 Å². The van der Waals surface area contributed by atoms with Crippen LogP contribution in [0, 0.1) is 29.6 Å². The molecule has 5 heteroatoms. The summed E-state index contributed by atoms with van der Waals surface area (Å²) in [4.78, 5) is 0. The minimum absolute atomic E-state index is 0. The van der Waals surface area contributed by atoms with Crippen LogP contribution in [0.3, 0.4) is 0 Å². The molecular formula is C34H36PS3W. The van der Waals surface area contributed by atoms with Gasteiger partial charge >= 0.3 is 34.6 Å². The molecule has 1 fully saturated rings. The molecule has 1 saturated carbocycles. The summed E-state index contributed by atoms with van der Waals surface area (Å²) in [5, 5.41) is 5.55. The second kappa shape index (κ2) is 16.9. The van der Waals surface area contributed by atoms with Gasteiger partial charge in [-0.25, -0.2) is 0 Å². The normalized spacial score (nSPS) is 14.8. The number of hydrogen-bond acceptors (Lipinski definition) is 3. The zero-order valence-electron chi connectivity index (χ0n) is 23.2. The van der Waals surface area contributed by atoms with Crippen LogP contribution in [0.1, 0.15) is 34.6 Å². The zero-order chi connectivity index (χ0) is 27.5. The summed E-state index contributed by atoms with van der Waals surface area (Å²) >= 11 is -0.583. The van der Waals surface area contributed by atoms with Crippen molar-refractivity contribution in [3.8, 4) is 0 Å². The molecule has 0 bridgehead atoms. The van der Waals surface area contributed by atoms with Crippen LogP contribution in [0.5, 0.6) is 0 Å². The minimum Gasteiger partial charge on any atom is -0.0620 e. The number of thiol groups is 1. The Bertz CT molecular complexity index is 1050. The van der Waals surface area contributed by atoms with E-state index in [1.807, 2.05) is 0 Å². The molecule has 0 nitrogen and oxygen atoms in total. The van der Waals surface area contributed by atoms with E-state index in [0.717, 1.165) is 0 Å². The van der Waals surface area contributed by atoms with Crippen molar-refractivity contribution in [2.45, 2.75) is 34.6 Å². The van der Waals surface area contributed by atoms with E-state index in [0.29, 0.717) is 0 Å². The van der Waals surface area contributed by atoms with Crippen molar-refractivity contribution < 1.29 is 14.9 Å². The van der Waals surface area contributed by atoms with Gasteiger partial charge in [-0.15, -0.1) is 0 Å². The average Bonchev–Trinajstić information content (AvgIpc) is 3.14. The fourth-order valence-electron chi connectivity index (χ4n) is 4.91. The summed E-state index contributed by atoms with van der Waals surface area (Å²) in [5.74, 6) is 7.34. The fraction of sp³-hybridized carbons (Fsp3) is 0.147. The zero-order valence-corrected chi connectivity index (χ0v) is 29.5. The fourth-order valence-corrected chi connectivity index (χ4v) is 9.17. The molecule has 201 valence electrons. The molecule has 1 aliphatic rings. The minimum atomic E-state index is -1.91. The molecular weight excluding hydrogens is 719 g/mol. The Balaban J connectivity index is 0.000000320. The van der Waals surface area contributed by atoms with Crippen molar-refractivity contribution in [2.75, 3.05) is 0 Å². The van der Waals surface area contributed by atoms with Crippen LogP contribution >= 0.6 is 26.9 Å². The Morgan fingerprint density at radius 2 is 0.538 bits per heavy atom. The molecule has 0 saturated heterocycles. The van der Waals surface area contributed by atoms with E-state index in [-0.39, 0.29) is 13.5 Å². The second-order valence-corrected chi connectivity index (χ2v) is 17.6. The second-order valence-electron chi connectivity index (χ2n) is 9.21. The topological polar surface area (TPSA) is 0 Å². The third-order valence-corrected chi connectivity index (χ3v) is 11.7. The predicted molar refractivity (Wildman–Crippen MR) is 180 cm³/mol. The summed E-state index contributed by atoms with van der Waals surface area (Å²) in [6.45, 7) is 11.0. The largest absolute Gasteiger partial charge is 0.144 e. The van der Waals surface area contributed by atoms with Crippen LogP contribution in [-0.2, 0) is 28.4 Å². The maximum Gasteiger partial charge on any atom is 0.144 e. The molecule has 4 aromatic rings. The van der Waals surface area contributed by atoms with Crippen LogP contribution in [0.15, 0.2) is 121 Å². The van der Waals surface area contributed by atoms with Crippen molar-refractivity contribution in [1.82, 2.24) is 0 Å². The molecule has 0 aliphatic heterocycles. The maximum absolute atomic E-state index is 4.38. The van der Waals surface area contributed by atoms with E-state index in [1.54, 1.807) is 0 Å². The van der Waals surface area contributed by atoms with Crippen LogP contribution < -0.4 is 21.2 Å². The van der Waals surface area contributed by atoms with E-state index in [4.69, 9.17) is 0 Å². The molecule has 1 aliphatic carbocycles. The van der Waals surface area contributed by atoms with E-state index < -0.39 is 22.2 Å². The average molecular weight is 756 g/mol. The van der Waals surface area contributed by atoms with Gasteiger partial charge in [0, 0.05) is 0 Å². The summed E-state index contributed by atoms with van der Waals surface area (Å²) in [6, 6.07) is 43.8. The molecule has 0 atom stereocenters. The predicted octanol–water partition coefficient (Wildman–Crippen LogP) is 8.30. The summed E-state index contributed by atoms with van der Waals surface area (Å²) < 4.78 is 0. The van der Waals surface area contributed by atoms with Gasteiger partial charge in [-0.05, 0) is 78.1 Å². The standard InChI is InChI=1S/C24H20P.C10H15.H2S.2S.W/c1-5-13-21(14-6-1)25(22-15-7-2-8-16-22,23-17-9-3-10-18-23)24-19-11-4-12-20-24;1-6-7(2)9(4)10(5)8(6)3;;;;/h1-20H;1-5H3;1H2;;;/q+1;;;;;/p-1. The Hall–Kier alpha value is -1.21. The van der Waals surface area contributed by atoms with Gasteiger partial charge < -0.3 is 13.5 Å². The Labute approximate surface area is 260 Å². The van der Waals surface area contributed by atoms with Crippen LogP contribution in [0.25, 0.3) is 0 Å². The molecule has 5 rings (SSSR count). The molecule has 0 unspecified atom stereocenters. The SMILES string of the molecule is C[C]1[C](C)[C](C)[C](C)[C]1C.[SH-].[S]=[W]=[S].c1ccc([P+](c2ccccc2)(c2ccccc2)c2ccccc2)cc1. The van der Waals surface area contributed by atoms with Gasteiger partial charge in [0.2, 0.25) is 0 Å². The van der Waals surface area contributed by atoms with Gasteiger partial charge in [0.15, 0.2) is 0 Å². The van der Waals surface area contributed by atoms with Crippen molar-refractivity contribution >= 4 is 61.6 Å². The van der Waals surface area contributed by atoms with Crippen molar-refractivity contribution in [3.63, 3.8) is 0 Å². The van der Waals surface area contributed by atoms with Crippen molar-refractivity contribution in [2.24, 2.45) is 0 Å². The van der Waals surface area contributed by atoms with Crippen molar-refractivity contribution in [3.05, 3.63) is 151 Å². The van der Waals surface area contributed by atoms with Crippen LogP contribution in [0.4, 0.5) is 0 Å². The van der Waals surface area contributed by atoms with E-state index in [1.165, 1.54) is 50.8 Å². The molecule has 5 radical (unpaired) electrons. The molecule has 4 aromatic carbocycles. The van der Waals surface area contributed by atoms with E-state index in [2.05, 4.69) is 176 Å². The van der Waals surface area contributed by atoms with E-state index in [9.17, 15) is 0 Å². The van der Waals surface area contributed by atoms with Gasteiger partial charge in [-0.2, -0.15) is 0 Å². The first-order chi connectivity index (χ1) is 18.4. The van der Waals surface area contributed by atoms with Gasteiger partial charge in [0.25, 0.3) is 0 Å². The molecule has 0 aromatic heterocycles. The Kier molecular flexibility index (Phi) is 14.7. The molecule has 39 heavy (non-hydrogen) atoms. The Morgan fingerprint density at radius 1 is 0.385 bits per heavy atom. The Morgan fingerprint density at radius 3 is 0.692 bits per heavy atom. The van der Waals surface area contributed by atoms with Crippen molar-refractivity contribution in [1.29, 1.82) is 0 Å². The monoisotopic (exact) mass is 755 g/mol. The van der Waals surface area contributed by atoms with Gasteiger partial charge in [0.05, 0.1) is 0 Å². The maximum atomic E-state index is 4.38. The van der Waals surface area contributed by atoms with Crippen LogP contribution in [0.2, 0.25) is 0 Å². The third-order valence-electron chi connectivity index (χ3n) is 7.39. The third kappa shape index (κ3) is 7.96. The van der Waals surface area contributed by atoms with Gasteiger partial charge in [0.1, 0.15) is 28.5 Å². The number of benzene rings is 4.